The molecule has 0 bridgehead atoms. The number of nitrogens with zero attached hydrogens (tertiary/aromatic N) is 3. The second-order valence-electron chi connectivity index (χ2n) is 20.3. The van der Waals surface area contributed by atoms with Crippen molar-refractivity contribution in [3.05, 3.63) is 192 Å². The summed E-state index contributed by atoms with van der Waals surface area (Å²) >= 11 is 0. The summed E-state index contributed by atoms with van der Waals surface area (Å²) in [5.74, 6) is 0.698. The van der Waals surface area contributed by atoms with E-state index in [1.54, 1.807) is 6.07 Å². The van der Waals surface area contributed by atoms with E-state index in [0.29, 0.717) is 28.2 Å². The molecule has 66 heavy (non-hydrogen) atoms. The number of aromatic hydroxyl groups is 1. The van der Waals surface area contributed by atoms with E-state index < -0.39 is 53.8 Å². The SMILES string of the molecule is [2H]c1c([2H])c(C([2H])([2H])[2H])c(-c2ccnc(-c3cc(-c4cccc5c4nc(-c4cc(C(C)(C)C)cc(C(C)(C)C)c4O)n5-c4ccc(-c5ccccc5)cc4-c4ccccc4)cc(C(C)(C)C)c3)c2)c(C([2H])([2H])[2H])c1[2H]. The minimum atomic E-state index is -2.98. The number of phenolic OH excluding ortho intramolecular Hbond substituents is 1. The standard InChI is InChI=1S/C62H61N3O/c1-39-20-18-21-40(2)56(39)44-30-31-63-53(36-44)46-32-45(33-47(34-46)60(3,4)5)49-26-19-27-55-57(49)64-59(51-37-48(61(6,7)8)38-52(58(51)66)62(9,10)11)65(55)54-29-28-43(41-22-14-12-15-23-41)35-50(54)42-24-16-13-17-25-42/h12-38,66H,1-11H3/i1D3,2D3,18D,20D,21D. The van der Waals surface area contributed by atoms with Crippen LogP contribution in [0.1, 0.15) is 102 Å². The normalized spacial score (nSPS) is 14.6. The number of para-hydroxylation sites is 1. The summed E-state index contributed by atoms with van der Waals surface area (Å²) < 4.78 is 78.7. The van der Waals surface area contributed by atoms with Crippen LogP contribution in [0.2, 0.25) is 0 Å². The Balaban J connectivity index is 1.36. The molecule has 0 aliphatic rings. The van der Waals surface area contributed by atoms with Crippen LogP contribution in [0.15, 0.2) is 164 Å². The van der Waals surface area contributed by atoms with Gasteiger partial charge in [0.05, 0.1) is 32.1 Å². The predicted octanol–water partition coefficient (Wildman–Crippen LogP) is 16.6. The lowest BCUT2D eigenvalue weighted by atomic mass is 9.79. The number of hydrogen-bond acceptors (Lipinski definition) is 3. The van der Waals surface area contributed by atoms with Crippen molar-refractivity contribution in [3.8, 4) is 78.6 Å². The number of pyridine rings is 1. The van der Waals surface area contributed by atoms with Crippen LogP contribution in [-0.4, -0.2) is 19.6 Å². The number of phenols is 1. The van der Waals surface area contributed by atoms with Crippen LogP contribution in [-0.2, 0) is 16.2 Å². The molecular formula is C62H61N3O. The molecule has 7 aromatic carbocycles. The summed E-state index contributed by atoms with van der Waals surface area (Å²) in [6, 6.07) is 44.3. The third-order valence-corrected chi connectivity index (χ3v) is 12.5. The van der Waals surface area contributed by atoms with Gasteiger partial charge in [0.2, 0.25) is 0 Å². The summed E-state index contributed by atoms with van der Waals surface area (Å²) in [7, 11) is 0. The van der Waals surface area contributed by atoms with E-state index in [0.717, 1.165) is 61.3 Å². The number of aromatic nitrogens is 3. The first-order valence-corrected chi connectivity index (χ1v) is 22.5. The zero-order valence-electron chi connectivity index (χ0n) is 48.1. The lowest BCUT2D eigenvalue weighted by Gasteiger charge is -2.27. The summed E-state index contributed by atoms with van der Waals surface area (Å²) in [4.78, 5) is 10.4. The number of imidazole rings is 1. The molecule has 0 saturated heterocycles. The van der Waals surface area contributed by atoms with E-state index >= 15 is 0 Å². The number of benzene rings is 7. The third kappa shape index (κ3) is 8.37. The van der Waals surface area contributed by atoms with Gasteiger partial charge < -0.3 is 5.11 Å². The maximum absolute atomic E-state index is 12.6. The Labute approximate surface area is 404 Å². The van der Waals surface area contributed by atoms with Gasteiger partial charge >= 0.3 is 0 Å². The highest BCUT2D eigenvalue weighted by molar-refractivity contribution is 5.98. The Morgan fingerprint density at radius 1 is 0.530 bits per heavy atom. The molecule has 0 radical (unpaired) electrons. The van der Waals surface area contributed by atoms with Crippen molar-refractivity contribution in [3.63, 3.8) is 0 Å². The van der Waals surface area contributed by atoms with Crippen molar-refractivity contribution >= 4 is 11.0 Å². The fourth-order valence-electron chi connectivity index (χ4n) is 8.76. The molecule has 0 atom stereocenters. The maximum atomic E-state index is 12.6. The van der Waals surface area contributed by atoms with Crippen LogP contribution in [0.25, 0.3) is 83.9 Å². The zero-order valence-corrected chi connectivity index (χ0v) is 39.1. The molecule has 4 heteroatoms. The molecule has 0 aliphatic heterocycles. The van der Waals surface area contributed by atoms with Crippen LogP contribution >= 0.6 is 0 Å². The predicted molar refractivity (Wildman–Crippen MR) is 279 cm³/mol. The van der Waals surface area contributed by atoms with Gasteiger partial charge in [0.25, 0.3) is 0 Å². The van der Waals surface area contributed by atoms with Gasteiger partial charge in [0, 0.05) is 36.7 Å². The van der Waals surface area contributed by atoms with Crippen LogP contribution in [0, 0.1) is 13.7 Å². The number of hydrogen-bond donors (Lipinski definition) is 1. The summed E-state index contributed by atoms with van der Waals surface area (Å²) in [6.45, 7) is 13.2. The van der Waals surface area contributed by atoms with E-state index in [-0.39, 0.29) is 22.3 Å². The molecule has 0 spiro atoms. The zero-order chi connectivity index (χ0) is 54.3. The fraction of sp³-hybridized carbons (Fsp3) is 0.226. The third-order valence-electron chi connectivity index (χ3n) is 12.5. The van der Waals surface area contributed by atoms with E-state index in [2.05, 4.69) is 134 Å². The lowest BCUT2D eigenvalue weighted by Crippen LogP contribution is -2.17. The second-order valence-corrected chi connectivity index (χ2v) is 20.3. The van der Waals surface area contributed by atoms with Crippen molar-refractivity contribution < 1.29 is 17.4 Å². The Bertz CT molecular complexity index is 3630. The van der Waals surface area contributed by atoms with Gasteiger partial charge in [-0.2, -0.15) is 0 Å². The van der Waals surface area contributed by atoms with Crippen molar-refractivity contribution in [1.82, 2.24) is 14.5 Å². The maximum Gasteiger partial charge on any atom is 0.149 e. The summed E-state index contributed by atoms with van der Waals surface area (Å²) in [6.07, 6.45) is 1.47. The molecule has 2 heterocycles. The highest BCUT2D eigenvalue weighted by atomic mass is 16.3. The molecule has 1 N–H and O–H groups in total. The molecule has 9 rings (SSSR count). The van der Waals surface area contributed by atoms with E-state index in [1.165, 1.54) is 12.3 Å². The monoisotopic (exact) mass is 873 g/mol. The van der Waals surface area contributed by atoms with Crippen LogP contribution in [0.5, 0.6) is 5.75 Å². The van der Waals surface area contributed by atoms with Gasteiger partial charge in [-0.3, -0.25) is 9.55 Å². The van der Waals surface area contributed by atoms with Gasteiger partial charge in [-0.05, 0) is 134 Å². The molecule has 9 aromatic rings. The lowest BCUT2D eigenvalue weighted by molar-refractivity contribution is 0.446. The second kappa shape index (κ2) is 16.7. The minimum absolute atomic E-state index is 0.145. The van der Waals surface area contributed by atoms with Crippen molar-refractivity contribution in [2.75, 3.05) is 0 Å². The van der Waals surface area contributed by atoms with Gasteiger partial charge in [-0.1, -0.05) is 171 Å². The van der Waals surface area contributed by atoms with Gasteiger partial charge in [-0.15, -0.1) is 0 Å². The molecule has 0 amide bonds. The van der Waals surface area contributed by atoms with Crippen LogP contribution < -0.4 is 0 Å². The van der Waals surface area contributed by atoms with Crippen molar-refractivity contribution in [1.29, 1.82) is 0 Å². The fourth-order valence-corrected chi connectivity index (χ4v) is 8.76. The number of fused-ring (bicyclic) bond motifs is 1. The Morgan fingerprint density at radius 3 is 1.83 bits per heavy atom. The highest BCUT2D eigenvalue weighted by Crippen LogP contribution is 2.46. The van der Waals surface area contributed by atoms with Crippen molar-refractivity contribution in [2.24, 2.45) is 0 Å². The first-order valence-electron chi connectivity index (χ1n) is 27.0. The molecule has 4 nitrogen and oxygen atoms in total. The first-order chi connectivity index (χ1) is 35.0. The van der Waals surface area contributed by atoms with E-state index in [9.17, 15) is 5.11 Å². The quantitative estimate of drug-likeness (QED) is 0.174. The van der Waals surface area contributed by atoms with Crippen molar-refractivity contribution in [2.45, 2.75) is 92.3 Å². The van der Waals surface area contributed by atoms with E-state index in [4.69, 9.17) is 22.3 Å². The largest absolute Gasteiger partial charge is 0.507 e. The van der Waals surface area contributed by atoms with Crippen LogP contribution in [0.4, 0.5) is 0 Å². The summed E-state index contributed by atoms with van der Waals surface area (Å²) in [5, 5.41) is 12.6. The molecule has 330 valence electrons. The topological polar surface area (TPSA) is 50.9 Å². The van der Waals surface area contributed by atoms with Gasteiger partial charge in [0.15, 0.2) is 0 Å². The Hall–Kier alpha value is -7.04. The Kier molecular flexibility index (Phi) is 8.71. The van der Waals surface area contributed by atoms with Crippen LogP contribution in [0.3, 0.4) is 0 Å². The Morgan fingerprint density at radius 2 is 1.18 bits per heavy atom. The van der Waals surface area contributed by atoms with Gasteiger partial charge in [-0.25, -0.2) is 4.98 Å². The smallest absolute Gasteiger partial charge is 0.149 e. The average molecular weight is 873 g/mol. The molecule has 0 fully saturated rings. The average Bonchev–Trinajstić information content (AvgIpc) is 3.76. The summed E-state index contributed by atoms with van der Waals surface area (Å²) in [5.41, 5.74) is 9.92. The molecule has 0 unspecified atom stereocenters. The highest BCUT2D eigenvalue weighted by Gasteiger charge is 2.30. The van der Waals surface area contributed by atoms with E-state index in [1.807, 2.05) is 60.7 Å². The minimum Gasteiger partial charge on any atom is -0.507 e. The molecule has 0 aliphatic carbocycles. The first kappa shape index (κ1) is 34.3. The molecule has 2 aromatic heterocycles. The number of rotatable bonds is 7. The molecule has 0 saturated carbocycles. The van der Waals surface area contributed by atoms with Gasteiger partial charge in [0.1, 0.15) is 11.6 Å². The molecular weight excluding hydrogens is 803 g/mol.